The van der Waals surface area contributed by atoms with Crippen molar-refractivity contribution in [2.24, 2.45) is 0 Å². The highest BCUT2D eigenvalue weighted by atomic mass is 79.9. The topological polar surface area (TPSA) is 52.7 Å². The minimum Gasteiger partial charge on any atom is -0.294 e. The van der Waals surface area contributed by atoms with E-state index in [4.69, 9.17) is 0 Å². The van der Waals surface area contributed by atoms with Gasteiger partial charge in [0.2, 0.25) is 0 Å². The zero-order chi connectivity index (χ0) is 18.3. The molecule has 0 saturated heterocycles. The molecule has 4 rings (SSSR count). The highest BCUT2D eigenvalue weighted by Crippen LogP contribution is 2.17. The van der Waals surface area contributed by atoms with Crippen molar-refractivity contribution in [1.82, 2.24) is 19.3 Å². The van der Waals surface area contributed by atoms with Crippen molar-refractivity contribution >= 4 is 27.0 Å². The molecule has 0 atom stereocenters. The lowest BCUT2D eigenvalue weighted by molar-refractivity contribution is 0.576. The summed E-state index contributed by atoms with van der Waals surface area (Å²) in [5, 5.41) is 4.56. The number of nitrogens with zero attached hydrogens (tertiary/aromatic N) is 4. The molecule has 0 spiro atoms. The first-order valence-corrected chi connectivity index (χ1v) is 8.44. The van der Waals surface area contributed by atoms with E-state index in [-0.39, 0.29) is 12.1 Å². The number of hydrogen-bond donors (Lipinski definition) is 0. The van der Waals surface area contributed by atoms with Crippen molar-refractivity contribution in [2.75, 3.05) is 0 Å². The van der Waals surface area contributed by atoms with Gasteiger partial charge in [-0.1, -0.05) is 15.9 Å². The van der Waals surface area contributed by atoms with Crippen molar-refractivity contribution in [1.29, 1.82) is 0 Å². The van der Waals surface area contributed by atoms with Crippen LogP contribution in [0.15, 0.2) is 64.3 Å². The summed E-state index contributed by atoms with van der Waals surface area (Å²) < 4.78 is 30.5. The fourth-order valence-corrected chi connectivity index (χ4v) is 3.00. The summed E-state index contributed by atoms with van der Waals surface area (Å²) in [6.07, 6.45) is 2.79. The van der Waals surface area contributed by atoms with Gasteiger partial charge in [0, 0.05) is 10.5 Å². The van der Waals surface area contributed by atoms with Gasteiger partial charge in [-0.05, 0) is 42.0 Å². The van der Waals surface area contributed by atoms with Gasteiger partial charge in [0.15, 0.2) is 5.65 Å². The van der Waals surface area contributed by atoms with E-state index in [1.54, 1.807) is 4.68 Å². The molecule has 0 N–H and O–H groups in total. The molecule has 0 saturated carbocycles. The lowest BCUT2D eigenvalue weighted by Crippen LogP contribution is -2.21. The average Bonchev–Trinajstić information content (AvgIpc) is 3.02. The van der Waals surface area contributed by atoms with Crippen molar-refractivity contribution in [3.8, 4) is 5.69 Å². The smallest absolute Gasteiger partial charge is 0.264 e. The summed E-state index contributed by atoms with van der Waals surface area (Å²) in [7, 11) is 0. The second kappa shape index (κ2) is 6.45. The van der Waals surface area contributed by atoms with Crippen LogP contribution in [0.4, 0.5) is 8.78 Å². The van der Waals surface area contributed by atoms with Gasteiger partial charge in [0.1, 0.15) is 23.3 Å². The van der Waals surface area contributed by atoms with E-state index in [1.807, 2.05) is 24.3 Å². The van der Waals surface area contributed by atoms with E-state index >= 15 is 0 Å². The third-order valence-corrected chi connectivity index (χ3v) is 4.43. The quantitative estimate of drug-likeness (QED) is 0.511. The van der Waals surface area contributed by atoms with Crippen LogP contribution in [0.1, 0.15) is 5.56 Å². The Hall–Kier alpha value is -2.87. The molecule has 0 unspecified atom stereocenters. The van der Waals surface area contributed by atoms with Crippen LogP contribution in [0.3, 0.4) is 0 Å². The molecule has 2 heterocycles. The lowest BCUT2D eigenvalue weighted by Gasteiger charge is -2.07. The third kappa shape index (κ3) is 3.03. The Morgan fingerprint density at radius 3 is 2.42 bits per heavy atom. The second-order valence-electron chi connectivity index (χ2n) is 5.73. The first-order valence-electron chi connectivity index (χ1n) is 7.65. The van der Waals surface area contributed by atoms with Crippen molar-refractivity contribution in [3.05, 3.63) is 87.0 Å². The summed E-state index contributed by atoms with van der Waals surface area (Å²) >= 11 is 3.37. The molecule has 0 aliphatic carbocycles. The molecule has 26 heavy (non-hydrogen) atoms. The van der Waals surface area contributed by atoms with Gasteiger partial charge in [-0.2, -0.15) is 5.10 Å². The molecule has 0 amide bonds. The monoisotopic (exact) mass is 416 g/mol. The predicted octanol–water partition coefficient (Wildman–Crippen LogP) is 3.67. The molecule has 8 heteroatoms. The van der Waals surface area contributed by atoms with Crippen LogP contribution in [0.2, 0.25) is 0 Å². The fourth-order valence-electron chi connectivity index (χ4n) is 2.73. The molecular weight excluding hydrogens is 406 g/mol. The maximum Gasteiger partial charge on any atom is 0.264 e. The summed E-state index contributed by atoms with van der Waals surface area (Å²) in [5.74, 6) is -1.38. The lowest BCUT2D eigenvalue weighted by atomic mass is 10.2. The van der Waals surface area contributed by atoms with E-state index in [0.29, 0.717) is 16.6 Å². The highest BCUT2D eigenvalue weighted by Gasteiger charge is 2.12. The molecule has 5 nitrogen and oxygen atoms in total. The normalized spacial score (nSPS) is 11.2. The zero-order valence-corrected chi connectivity index (χ0v) is 14.8. The molecule has 130 valence electrons. The number of rotatable bonds is 3. The van der Waals surface area contributed by atoms with Crippen molar-refractivity contribution < 1.29 is 8.78 Å². The van der Waals surface area contributed by atoms with Gasteiger partial charge in [-0.15, -0.1) is 0 Å². The largest absolute Gasteiger partial charge is 0.294 e. The second-order valence-corrected chi connectivity index (χ2v) is 6.64. The Morgan fingerprint density at radius 1 is 1.04 bits per heavy atom. The summed E-state index contributed by atoms with van der Waals surface area (Å²) in [4.78, 5) is 17.0. The Balaban J connectivity index is 1.76. The third-order valence-electron chi connectivity index (χ3n) is 3.90. The van der Waals surface area contributed by atoms with Crippen LogP contribution in [-0.4, -0.2) is 19.3 Å². The Morgan fingerprint density at radius 2 is 1.73 bits per heavy atom. The first kappa shape index (κ1) is 16.6. The van der Waals surface area contributed by atoms with Gasteiger partial charge in [-0.3, -0.25) is 9.36 Å². The van der Waals surface area contributed by atoms with E-state index in [2.05, 4.69) is 26.0 Å². The molecule has 0 radical (unpaired) electrons. The van der Waals surface area contributed by atoms with Gasteiger partial charge in [0.05, 0.1) is 18.4 Å². The zero-order valence-electron chi connectivity index (χ0n) is 13.2. The minimum absolute atomic E-state index is 0.0138. The van der Waals surface area contributed by atoms with Crippen LogP contribution in [0.25, 0.3) is 16.7 Å². The van der Waals surface area contributed by atoms with E-state index < -0.39 is 11.6 Å². The van der Waals surface area contributed by atoms with Crippen LogP contribution in [0, 0.1) is 11.6 Å². The van der Waals surface area contributed by atoms with Crippen LogP contribution >= 0.6 is 15.9 Å². The number of aromatic nitrogens is 4. The molecule has 0 bridgehead atoms. The molecule has 4 aromatic rings. The van der Waals surface area contributed by atoms with Gasteiger partial charge < -0.3 is 0 Å². The van der Waals surface area contributed by atoms with Gasteiger partial charge >= 0.3 is 0 Å². The molecule has 0 aliphatic heterocycles. The van der Waals surface area contributed by atoms with Crippen LogP contribution in [-0.2, 0) is 6.54 Å². The van der Waals surface area contributed by atoms with Crippen molar-refractivity contribution in [3.63, 3.8) is 0 Å². The van der Waals surface area contributed by atoms with Crippen LogP contribution < -0.4 is 5.56 Å². The van der Waals surface area contributed by atoms with E-state index in [9.17, 15) is 13.6 Å². The van der Waals surface area contributed by atoms with Gasteiger partial charge in [-0.25, -0.2) is 18.4 Å². The number of hydrogen-bond acceptors (Lipinski definition) is 3. The summed E-state index contributed by atoms with van der Waals surface area (Å²) in [5.41, 5.74) is 1.19. The van der Waals surface area contributed by atoms with Crippen molar-refractivity contribution in [2.45, 2.75) is 6.54 Å². The predicted molar refractivity (Wildman–Crippen MR) is 96.3 cm³/mol. The standard InChI is InChI=1S/C18H11BrF2N4O/c19-12-1-3-15(4-2-12)25-17-16(8-23-25)18(26)24(10-22-17)9-11-5-13(20)7-14(21)6-11/h1-8,10H,9H2. The maximum atomic E-state index is 13.3. The summed E-state index contributed by atoms with van der Waals surface area (Å²) in [6.45, 7) is 0.0138. The number of fused-ring (bicyclic) bond motifs is 1. The first-order chi connectivity index (χ1) is 12.5. The maximum absolute atomic E-state index is 13.3. The SMILES string of the molecule is O=c1c2cnn(-c3ccc(Br)cc3)c2ncn1Cc1cc(F)cc(F)c1. The van der Waals surface area contributed by atoms with E-state index in [1.165, 1.54) is 29.2 Å². The number of halogens is 3. The number of benzene rings is 2. The highest BCUT2D eigenvalue weighted by molar-refractivity contribution is 9.10. The summed E-state index contributed by atoms with van der Waals surface area (Å²) in [6, 6.07) is 10.6. The van der Waals surface area contributed by atoms with Gasteiger partial charge in [0.25, 0.3) is 5.56 Å². The Labute approximate surface area is 154 Å². The molecular formula is C18H11BrF2N4O. The molecule has 0 fully saturated rings. The minimum atomic E-state index is -0.690. The molecule has 2 aromatic carbocycles. The van der Waals surface area contributed by atoms with E-state index in [0.717, 1.165) is 16.2 Å². The molecule has 2 aromatic heterocycles. The Bertz CT molecular complexity index is 1150. The fraction of sp³-hybridized carbons (Fsp3) is 0.0556. The Kier molecular flexibility index (Phi) is 4.12. The average molecular weight is 417 g/mol. The molecule has 0 aliphatic rings. The van der Waals surface area contributed by atoms with Crippen LogP contribution in [0.5, 0.6) is 0 Å².